The molecule has 0 aliphatic rings. The lowest BCUT2D eigenvalue weighted by atomic mass is 10.2. The number of aryl methyl sites for hydroxylation is 1. The van der Waals surface area contributed by atoms with Crippen LogP contribution in [0.3, 0.4) is 0 Å². The van der Waals surface area contributed by atoms with E-state index in [1.54, 1.807) is 0 Å². The first-order valence-electron chi connectivity index (χ1n) is 4.95. The van der Waals surface area contributed by atoms with Crippen LogP contribution in [-0.4, -0.2) is 0 Å². The van der Waals surface area contributed by atoms with Crippen molar-refractivity contribution in [1.29, 1.82) is 0 Å². The van der Waals surface area contributed by atoms with E-state index in [-0.39, 0.29) is 0 Å². The zero-order valence-electron chi connectivity index (χ0n) is 8.91. The highest BCUT2D eigenvalue weighted by Gasteiger charge is 2.04. The van der Waals surface area contributed by atoms with Gasteiger partial charge in [-0.2, -0.15) is 0 Å². The Morgan fingerprint density at radius 2 is 1.81 bits per heavy atom. The molecular formula is C13H12BrNO. The van der Waals surface area contributed by atoms with Gasteiger partial charge in [-0.1, -0.05) is 28.1 Å². The highest BCUT2D eigenvalue weighted by atomic mass is 79.9. The third-order valence-electron chi connectivity index (χ3n) is 2.28. The number of halogens is 1. The molecule has 82 valence electrons. The summed E-state index contributed by atoms with van der Waals surface area (Å²) in [5.41, 5.74) is 7.52. The Kier molecular flexibility index (Phi) is 3.15. The largest absolute Gasteiger partial charge is 0.455 e. The first-order chi connectivity index (χ1) is 7.66. The van der Waals surface area contributed by atoms with E-state index >= 15 is 0 Å². The normalized spacial score (nSPS) is 10.1. The van der Waals surface area contributed by atoms with Gasteiger partial charge in [0, 0.05) is 4.47 Å². The summed E-state index contributed by atoms with van der Waals surface area (Å²) in [6, 6.07) is 13.3. The molecule has 0 amide bonds. The van der Waals surface area contributed by atoms with Crippen LogP contribution >= 0.6 is 15.9 Å². The minimum atomic E-state index is 0.643. The second-order valence-corrected chi connectivity index (χ2v) is 4.47. The Labute approximate surface area is 103 Å². The zero-order chi connectivity index (χ0) is 11.5. The zero-order valence-corrected chi connectivity index (χ0v) is 10.5. The molecular weight excluding hydrogens is 266 g/mol. The SMILES string of the molecule is Cc1cc(Br)ccc1Oc1ccccc1N. The Morgan fingerprint density at radius 1 is 1.06 bits per heavy atom. The first kappa shape index (κ1) is 11.0. The Hall–Kier alpha value is -1.48. The molecule has 0 aromatic heterocycles. The van der Waals surface area contributed by atoms with Crippen molar-refractivity contribution in [2.45, 2.75) is 6.92 Å². The molecule has 2 nitrogen and oxygen atoms in total. The number of benzene rings is 2. The van der Waals surface area contributed by atoms with Gasteiger partial charge in [0.15, 0.2) is 0 Å². The third-order valence-corrected chi connectivity index (χ3v) is 2.77. The van der Waals surface area contributed by atoms with Crippen LogP contribution < -0.4 is 10.5 Å². The molecule has 0 aliphatic carbocycles. The van der Waals surface area contributed by atoms with Crippen LogP contribution in [0.2, 0.25) is 0 Å². The molecule has 0 radical (unpaired) electrons. The summed E-state index contributed by atoms with van der Waals surface area (Å²) in [6.45, 7) is 2.00. The predicted molar refractivity (Wildman–Crippen MR) is 69.8 cm³/mol. The van der Waals surface area contributed by atoms with Crippen molar-refractivity contribution in [3.63, 3.8) is 0 Å². The minimum absolute atomic E-state index is 0.643. The highest BCUT2D eigenvalue weighted by molar-refractivity contribution is 9.10. The van der Waals surface area contributed by atoms with Crippen LogP contribution in [0.5, 0.6) is 11.5 Å². The van der Waals surface area contributed by atoms with E-state index in [0.29, 0.717) is 11.4 Å². The van der Waals surface area contributed by atoms with Crippen molar-refractivity contribution in [3.05, 3.63) is 52.5 Å². The van der Waals surface area contributed by atoms with Crippen molar-refractivity contribution >= 4 is 21.6 Å². The fourth-order valence-corrected chi connectivity index (χ4v) is 1.89. The summed E-state index contributed by atoms with van der Waals surface area (Å²) >= 11 is 3.42. The molecule has 0 bridgehead atoms. The monoisotopic (exact) mass is 277 g/mol. The summed E-state index contributed by atoms with van der Waals surface area (Å²) in [4.78, 5) is 0. The van der Waals surface area contributed by atoms with Gasteiger partial charge in [0.25, 0.3) is 0 Å². The number of anilines is 1. The molecule has 3 heteroatoms. The number of nitrogens with two attached hydrogens (primary N) is 1. The van der Waals surface area contributed by atoms with Crippen molar-refractivity contribution in [2.24, 2.45) is 0 Å². The molecule has 0 saturated carbocycles. The maximum atomic E-state index is 5.81. The average Bonchev–Trinajstić information content (AvgIpc) is 2.25. The first-order valence-corrected chi connectivity index (χ1v) is 5.74. The van der Waals surface area contributed by atoms with Crippen LogP contribution in [0.1, 0.15) is 5.56 Å². The van der Waals surface area contributed by atoms with E-state index in [4.69, 9.17) is 10.5 Å². The van der Waals surface area contributed by atoms with E-state index < -0.39 is 0 Å². The molecule has 2 aromatic carbocycles. The highest BCUT2D eigenvalue weighted by Crippen LogP contribution is 2.30. The van der Waals surface area contributed by atoms with Crippen LogP contribution in [0, 0.1) is 6.92 Å². The van der Waals surface area contributed by atoms with E-state index in [1.807, 2.05) is 49.4 Å². The molecule has 0 atom stereocenters. The fraction of sp³-hybridized carbons (Fsp3) is 0.0769. The number of para-hydroxylation sites is 2. The van der Waals surface area contributed by atoms with Gasteiger partial charge in [-0.15, -0.1) is 0 Å². The van der Waals surface area contributed by atoms with Crippen LogP contribution in [0.15, 0.2) is 46.9 Å². The molecule has 0 saturated heterocycles. The Bertz CT molecular complexity index is 511. The summed E-state index contributed by atoms with van der Waals surface area (Å²) in [5.74, 6) is 1.51. The molecule has 0 unspecified atom stereocenters. The van der Waals surface area contributed by atoms with E-state index in [9.17, 15) is 0 Å². The maximum Gasteiger partial charge on any atom is 0.150 e. The molecule has 0 heterocycles. The number of nitrogen functional groups attached to an aromatic ring is 1. The second-order valence-electron chi connectivity index (χ2n) is 3.55. The second kappa shape index (κ2) is 4.58. The number of hydrogen-bond acceptors (Lipinski definition) is 2. The van der Waals surface area contributed by atoms with E-state index in [2.05, 4.69) is 15.9 Å². The quantitative estimate of drug-likeness (QED) is 0.838. The standard InChI is InChI=1S/C13H12BrNO/c1-9-8-10(14)6-7-12(9)16-13-5-3-2-4-11(13)15/h2-8H,15H2,1H3. The van der Waals surface area contributed by atoms with Gasteiger partial charge < -0.3 is 10.5 Å². The van der Waals surface area contributed by atoms with Gasteiger partial charge in [0.05, 0.1) is 5.69 Å². The fourth-order valence-electron chi connectivity index (χ4n) is 1.42. The average molecular weight is 278 g/mol. The predicted octanol–water partition coefficient (Wildman–Crippen LogP) is 4.13. The smallest absolute Gasteiger partial charge is 0.150 e. The topological polar surface area (TPSA) is 35.2 Å². The van der Waals surface area contributed by atoms with Gasteiger partial charge >= 0.3 is 0 Å². The van der Waals surface area contributed by atoms with E-state index in [0.717, 1.165) is 15.8 Å². The third kappa shape index (κ3) is 2.36. The summed E-state index contributed by atoms with van der Waals surface area (Å²) in [6.07, 6.45) is 0. The van der Waals surface area contributed by atoms with Gasteiger partial charge in [-0.05, 0) is 42.8 Å². The van der Waals surface area contributed by atoms with Crippen LogP contribution in [-0.2, 0) is 0 Å². The number of rotatable bonds is 2. The van der Waals surface area contributed by atoms with Crippen molar-refractivity contribution in [3.8, 4) is 11.5 Å². The minimum Gasteiger partial charge on any atom is -0.455 e. The summed E-state index contributed by atoms with van der Waals surface area (Å²) in [5, 5.41) is 0. The van der Waals surface area contributed by atoms with E-state index in [1.165, 1.54) is 0 Å². The van der Waals surface area contributed by atoms with Gasteiger partial charge in [0.1, 0.15) is 11.5 Å². The maximum absolute atomic E-state index is 5.81. The number of hydrogen-bond donors (Lipinski definition) is 1. The van der Waals surface area contributed by atoms with Gasteiger partial charge in [0.2, 0.25) is 0 Å². The van der Waals surface area contributed by atoms with Gasteiger partial charge in [-0.3, -0.25) is 0 Å². The van der Waals surface area contributed by atoms with Crippen molar-refractivity contribution < 1.29 is 4.74 Å². The molecule has 0 fully saturated rings. The Balaban J connectivity index is 2.31. The molecule has 2 aromatic rings. The van der Waals surface area contributed by atoms with Gasteiger partial charge in [-0.25, -0.2) is 0 Å². The molecule has 2 rings (SSSR count). The lowest BCUT2D eigenvalue weighted by molar-refractivity contribution is 0.481. The molecule has 0 spiro atoms. The Morgan fingerprint density at radius 3 is 2.50 bits per heavy atom. The van der Waals surface area contributed by atoms with Crippen LogP contribution in [0.25, 0.3) is 0 Å². The summed E-state index contributed by atoms with van der Waals surface area (Å²) < 4.78 is 6.79. The van der Waals surface area contributed by atoms with Crippen LogP contribution in [0.4, 0.5) is 5.69 Å². The van der Waals surface area contributed by atoms with Crippen molar-refractivity contribution in [2.75, 3.05) is 5.73 Å². The lowest BCUT2D eigenvalue weighted by Gasteiger charge is -2.10. The molecule has 2 N–H and O–H groups in total. The van der Waals surface area contributed by atoms with Crippen molar-refractivity contribution in [1.82, 2.24) is 0 Å². The molecule has 16 heavy (non-hydrogen) atoms. The molecule has 0 aliphatic heterocycles. The lowest BCUT2D eigenvalue weighted by Crippen LogP contribution is -1.92. The number of ether oxygens (including phenoxy) is 1. The summed E-state index contributed by atoms with van der Waals surface area (Å²) in [7, 11) is 0.